The molecule has 5 aliphatic carbocycles. The van der Waals surface area contributed by atoms with Gasteiger partial charge in [0, 0.05) is 5.41 Å². The van der Waals surface area contributed by atoms with E-state index in [9.17, 15) is 66.4 Å². The average molecular weight is 1080 g/mol. The van der Waals surface area contributed by atoms with E-state index in [0.29, 0.717) is 38.5 Å². The van der Waals surface area contributed by atoms with Crippen molar-refractivity contribution in [3.63, 3.8) is 0 Å². The topological polar surface area (TPSA) is 354 Å². The lowest BCUT2D eigenvalue weighted by Gasteiger charge is -2.71. The molecule has 29 atom stereocenters. The van der Waals surface area contributed by atoms with Crippen molar-refractivity contribution in [2.75, 3.05) is 26.4 Å². The molecule has 0 bridgehead atoms. The Balaban J connectivity index is 0.905. The van der Waals surface area contributed by atoms with Crippen LogP contribution in [0.5, 0.6) is 0 Å². The Labute approximate surface area is 437 Å². The van der Waals surface area contributed by atoms with E-state index in [1.807, 2.05) is 0 Å². The quantitative estimate of drug-likeness (QED) is 0.0633. The van der Waals surface area contributed by atoms with Gasteiger partial charge in [-0.2, -0.15) is 0 Å². The zero-order chi connectivity index (χ0) is 54.6. The van der Waals surface area contributed by atoms with Gasteiger partial charge in [-0.15, -0.1) is 0 Å². The maximum absolute atomic E-state index is 15.2. The smallest absolute Gasteiger partial charge is 0.315 e. The van der Waals surface area contributed by atoms with Crippen molar-refractivity contribution in [2.24, 2.45) is 56.7 Å². The number of fused-ring (bicyclic) bond motifs is 7. The summed E-state index contributed by atoms with van der Waals surface area (Å²) in [6.45, 7) is 13.1. The standard InChI is InChI=1S/C53H86O22/c1-22-10-15-52(48(67)75-47-41(65)37(61)35(59)28(72-47)20-69-44-42(66)38(62)43(27(18-54)71-44)74-46-40(64)36(60)33(57)24(3)70-46)16-17-53(21-55)25(32(52)23(22)2)8-9-30-50(6)13-12-31(49(4,5)29(50)11-14-51(30,53)7)73-45-39(63)34(58)26(56)19-68-45/h8,22-24,26-47,54-66H,9-21H2,1-7H3/t22-,23+,24+,26+,27-,28-,29+,30-,31+,32+,33+,34+,35-,36-,37+,38-,39-,40-,41-,42-,43-,44-,45+,46+,47+,50+,51-,52+,53+/m1/s1. The molecule has 4 saturated carbocycles. The van der Waals surface area contributed by atoms with Crippen molar-refractivity contribution < 1.29 is 109 Å². The third kappa shape index (κ3) is 9.31. The second-order valence-corrected chi connectivity index (χ2v) is 25.2. The molecule has 8 fully saturated rings. The monoisotopic (exact) mass is 1070 g/mol. The Hall–Kier alpha value is -1.59. The molecule has 430 valence electrons. The minimum Gasteiger partial charge on any atom is -0.432 e. The molecule has 0 aromatic carbocycles. The van der Waals surface area contributed by atoms with E-state index in [-0.39, 0.29) is 65.2 Å². The number of hydrogen-bond donors (Lipinski definition) is 13. The summed E-state index contributed by atoms with van der Waals surface area (Å²) in [6, 6.07) is 0. The zero-order valence-electron chi connectivity index (χ0n) is 44.2. The van der Waals surface area contributed by atoms with Crippen molar-refractivity contribution >= 4 is 5.97 Å². The number of aliphatic hydroxyl groups is 13. The Bertz CT molecular complexity index is 2050. The van der Waals surface area contributed by atoms with Crippen molar-refractivity contribution in [2.45, 2.75) is 229 Å². The molecular weight excluding hydrogens is 989 g/mol. The molecule has 4 aliphatic heterocycles. The van der Waals surface area contributed by atoms with Gasteiger partial charge in [-0.05, 0) is 111 Å². The molecule has 4 saturated heterocycles. The zero-order valence-corrected chi connectivity index (χ0v) is 44.2. The van der Waals surface area contributed by atoms with E-state index in [1.165, 1.54) is 6.92 Å². The van der Waals surface area contributed by atoms with Crippen LogP contribution >= 0.6 is 0 Å². The molecule has 22 heteroatoms. The third-order valence-electron chi connectivity index (χ3n) is 21.3. The number of esters is 1. The fourth-order valence-corrected chi connectivity index (χ4v) is 16.5. The first-order chi connectivity index (χ1) is 35.2. The SMILES string of the molecule is C[C@H]1[C@H](C)CC[C@]2(C(=O)O[C@@H]3O[C@H](CO[C@@H]4O[C@H](CO)[C@@H](O[C@@H]5O[C@@H](C)[C@H](O)[C@@H](O)[C@H]5O)[C@H](O)[C@H]4O)[C@@H](O)[C@H](O)[C@H]3O)CC[C@]3(CO)C(=CC[C@@H]4[C@@]5(C)CC[C@H](O[C@@H]6OC[C@H](O)[C@H](O)[C@H]6O)C(C)(C)[C@@H]5CC[C@]43C)[C@H]12. The summed E-state index contributed by atoms with van der Waals surface area (Å²) in [4.78, 5) is 15.2. The van der Waals surface area contributed by atoms with Crippen LogP contribution in [0.25, 0.3) is 0 Å². The summed E-state index contributed by atoms with van der Waals surface area (Å²) in [6.07, 6.45) is -21.9. The predicted molar refractivity (Wildman–Crippen MR) is 257 cm³/mol. The number of aliphatic hydroxyl groups excluding tert-OH is 13. The van der Waals surface area contributed by atoms with Crippen LogP contribution in [0.1, 0.15) is 106 Å². The van der Waals surface area contributed by atoms with Crippen LogP contribution in [0.15, 0.2) is 11.6 Å². The van der Waals surface area contributed by atoms with Gasteiger partial charge >= 0.3 is 5.97 Å². The van der Waals surface area contributed by atoms with Gasteiger partial charge in [0.15, 0.2) is 18.9 Å². The van der Waals surface area contributed by atoms with Crippen molar-refractivity contribution in [3.05, 3.63) is 11.6 Å². The molecule has 0 aromatic rings. The first kappa shape index (κ1) is 58.1. The van der Waals surface area contributed by atoms with E-state index < -0.39 is 147 Å². The molecule has 0 unspecified atom stereocenters. The average Bonchev–Trinajstić information content (AvgIpc) is 3.45. The summed E-state index contributed by atoms with van der Waals surface area (Å²) in [5, 5.41) is 140. The minimum absolute atomic E-state index is 0.0292. The Morgan fingerprint density at radius 2 is 1.29 bits per heavy atom. The molecule has 9 aliphatic rings. The molecule has 0 amide bonds. The van der Waals surface area contributed by atoms with Crippen LogP contribution in [-0.2, 0) is 42.7 Å². The first-order valence-electron chi connectivity index (χ1n) is 27.4. The summed E-state index contributed by atoms with van der Waals surface area (Å²) < 4.78 is 47.0. The second-order valence-electron chi connectivity index (χ2n) is 25.2. The Morgan fingerprint density at radius 1 is 0.640 bits per heavy atom. The molecule has 75 heavy (non-hydrogen) atoms. The molecule has 0 aromatic heterocycles. The largest absolute Gasteiger partial charge is 0.432 e. The highest BCUT2D eigenvalue weighted by molar-refractivity contribution is 5.79. The van der Waals surface area contributed by atoms with Crippen LogP contribution in [0.3, 0.4) is 0 Å². The number of allylic oxidation sites excluding steroid dienone is 1. The summed E-state index contributed by atoms with van der Waals surface area (Å²) in [5.74, 6) is -0.494. The maximum atomic E-state index is 15.2. The number of rotatable bonds is 11. The fraction of sp³-hybridized carbons (Fsp3) is 0.943. The number of carbonyl (C=O) groups excluding carboxylic acids is 1. The lowest BCUT2D eigenvalue weighted by molar-refractivity contribution is -0.361. The van der Waals surface area contributed by atoms with E-state index >= 15 is 4.79 Å². The van der Waals surface area contributed by atoms with E-state index in [1.54, 1.807) is 0 Å². The Morgan fingerprint density at radius 3 is 1.99 bits per heavy atom. The molecule has 9 rings (SSSR count). The second kappa shape index (κ2) is 21.4. The van der Waals surface area contributed by atoms with Crippen LogP contribution in [0.2, 0.25) is 0 Å². The number of carbonyl (C=O) groups is 1. The fourth-order valence-electron chi connectivity index (χ4n) is 16.5. The van der Waals surface area contributed by atoms with Gasteiger partial charge in [-0.3, -0.25) is 4.79 Å². The van der Waals surface area contributed by atoms with E-state index in [0.717, 1.165) is 24.8 Å². The van der Waals surface area contributed by atoms with Crippen LogP contribution in [0, 0.1) is 56.7 Å². The third-order valence-corrected chi connectivity index (χ3v) is 21.3. The highest BCUT2D eigenvalue weighted by Gasteiger charge is 2.71. The van der Waals surface area contributed by atoms with Gasteiger partial charge in [-0.25, -0.2) is 0 Å². The van der Waals surface area contributed by atoms with Crippen molar-refractivity contribution in [1.29, 1.82) is 0 Å². The summed E-state index contributed by atoms with van der Waals surface area (Å²) in [7, 11) is 0. The normalized spacial score (nSPS) is 54.8. The van der Waals surface area contributed by atoms with Crippen molar-refractivity contribution in [3.8, 4) is 0 Å². The van der Waals surface area contributed by atoms with Gasteiger partial charge in [0.1, 0.15) is 85.5 Å². The number of ether oxygens (including phenoxy) is 8. The summed E-state index contributed by atoms with van der Waals surface area (Å²) >= 11 is 0. The molecule has 4 heterocycles. The van der Waals surface area contributed by atoms with Gasteiger partial charge < -0.3 is 104 Å². The lowest BCUT2D eigenvalue weighted by atomic mass is 9.33. The number of hydrogen-bond acceptors (Lipinski definition) is 22. The van der Waals surface area contributed by atoms with Gasteiger partial charge in [0.2, 0.25) is 6.29 Å². The maximum Gasteiger partial charge on any atom is 0.315 e. The molecular formula is C53H86O22. The van der Waals surface area contributed by atoms with Gasteiger partial charge in [0.25, 0.3) is 0 Å². The van der Waals surface area contributed by atoms with Crippen LogP contribution in [0.4, 0.5) is 0 Å². The highest BCUT2D eigenvalue weighted by atomic mass is 16.8. The van der Waals surface area contributed by atoms with Crippen molar-refractivity contribution in [1.82, 2.24) is 0 Å². The van der Waals surface area contributed by atoms with E-state index in [4.69, 9.17) is 37.9 Å². The van der Waals surface area contributed by atoms with Crippen LogP contribution in [-0.4, -0.2) is 222 Å². The minimum atomic E-state index is -1.89. The summed E-state index contributed by atoms with van der Waals surface area (Å²) in [5.41, 5.74) is -1.69. The molecule has 0 spiro atoms. The van der Waals surface area contributed by atoms with Gasteiger partial charge in [-0.1, -0.05) is 53.2 Å². The van der Waals surface area contributed by atoms with E-state index in [2.05, 4.69) is 47.6 Å². The van der Waals surface area contributed by atoms with Crippen LogP contribution < -0.4 is 0 Å². The highest BCUT2D eigenvalue weighted by Crippen LogP contribution is 2.76. The predicted octanol–water partition coefficient (Wildman–Crippen LogP) is -1.54. The Kier molecular flexibility index (Phi) is 16.6. The molecule has 0 radical (unpaired) electrons. The lowest BCUT2D eigenvalue weighted by Crippen LogP contribution is -2.67. The first-order valence-corrected chi connectivity index (χ1v) is 27.4. The molecule has 22 nitrogen and oxygen atoms in total. The van der Waals surface area contributed by atoms with Gasteiger partial charge in [0.05, 0.1) is 44.1 Å². The molecule has 13 N–H and O–H groups in total.